The number of anilines is 1. The molecule has 2 aromatic carbocycles. The van der Waals surface area contributed by atoms with Crippen LogP contribution >= 0.6 is 0 Å². The smallest absolute Gasteiger partial charge is 0.128 e. The molecule has 3 heteroatoms. The van der Waals surface area contributed by atoms with Gasteiger partial charge in [0.05, 0.1) is 6.61 Å². The van der Waals surface area contributed by atoms with E-state index in [-0.39, 0.29) is 5.82 Å². The third-order valence-corrected chi connectivity index (χ3v) is 2.83. The van der Waals surface area contributed by atoms with E-state index >= 15 is 0 Å². The maximum atomic E-state index is 13.6. The van der Waals surface area contributed by atoms with E-state index in [0.29, 0.717) is 18.7 Å². The van der Waals surface area contributed by atoms with E-state index in [9.17, 15) is 4.39 Å². The summed E-state index contributed by atoms with van der Waals surface area (Å²) in [5.74, 6) is 0.635. The predicted octanol–water partition coefficient (Wildman–Crippen LogP) is 4.14. The summed E-state index contributed by atoms with van der Waals surface area (Å²) in [4.78, 5) is 0. The van der Waals surface area contributed by atoms with Gasteiger partial charge in [0, 0.05) is 23.9 Å². The van der Waals surface area contributed by atoms with Crippen LogP contribution in [0.25, 0.3) is 0 Å². The molecular formula is C16H18FNO. The van der Waals surface area contributed by atoms with Crippen molar-refractivity contribution in [2.45, 2.75) is 20.4 Å². The van der Waals surface area contributed by atoms with Crippen molar-refractivity contribution >= 4 is 5.69 Å². The minimum Gasteiger partial charge on any atom is -0.494 e. The lowest BCUT2D eigenvalue weighted by Gasteiger charge is -2.10. The number of nitrogens with one attached hydrogen (secondary N) is 1. The first-order chi connectivity index (χ1) is 9.19. The molecule has 0 aliphatic heterocycles. The van der Waals surface area contributed by atoms with Gasteiger partial charge in [0.2, 0.25) is 0 Å². The van der Waals surface area contributed by atoms with Gasteiger partial charge in [-0.25, -0.2) is 4.39 Å². The van der Waals surface area contributed by atoms with Crippen LogP contribution in [0.15, 0.2) is 42.5 Å². The molecule has 0 fully saturated rings. The molecule has 0 saturated heterocycles. The summed E-state index contributed by atoms with van der Waals surface area (Å²) in [5, 5.41) is 3.21. The highest BCUT2D eigenvalue weighted by Crippen LogP contribution is 2.19. The summed E-state index contributed by atoms with van der Waals surface area (Å²) >= 11 is 0. The van der Waals surface area contributed by atoms with Crippen LogP contribution in [0, 0.1) is 12.7 Å². The Morgan fingerprint density at radius 3 is 2.79 bits per heavy atom. The van der Waals surface area contributed by atoms with Crippen LogP contribution in [0.4, 0.5) is 10.1 Å². The van der Waals surface area contributed by atoms with Gasteiger partial charge >= 0.3 is 0 Å². The van der Waals surface area contributed by atoms with Crippen molar-refractivity contribution in [1.82, 2.24) is 0 Å². The van der Waals surface area contributed by atoms with E-state index in [2.05, 4.69) is 5.32 Å². The van der Waals surface area contributed by atoms with Crippen LogP contribution in [-0.2, 0) is 6.54 Å². The van der Waals surface area contributed by atoms with E-state index in [4.69, 9.17) is 4.74 Å². The summed E-state index contributed by atoms with van der Waals surface area (Å²) in [6.45, 7) is 5.00. The van der Waals surface area contributed by atoms with Gasteiger partial charge in [0.25, 0.3) is 0 Å². The molecule has 0 amide bonds. The Hall–Kier alpha value is -2.03. The van der Waals surface area contributed by atoms with Gasteiger partial charge in [-0.05, 0) is 32.0 Å². The molecule has 19 heavy (non-hydrogen) atoms. The summed E-state index contributed by atoms with van der Waals surface area (Å²) in [7, 11) is 0. The zero-order chi connectivity index (χ0) is 13.7. The molecule has 0 aliphatic rings. The van der Waals surface area contributed by atoms with Gasteiger partial charge in [-0.15, -0.1) is 0 Å². The van der Waals surface area contributed by atoms with E-state index in [0.717, 1.165) is 17.0 Å². The van der Waals surface area contributed by atoms with Crippen molar-refractivity contribution < 1.29 is 9.13 Å². The minimum absolute atomic E-state index is 0.181. The monoisotopic (exact) mass is 259 g/mol. The summed E-state index contributed by atoms with van der Waals surface area (Å²) in [6, 6.07) is 12.8. The minimum atomic E-state index is -0.181. The molecule has 2 nitrogen and oxygen atoms in total. The van der Waals surface area contributed by atoms with E-state index in [1.165, 1.54) is 6.07 Å². The first-order valence-electron chi connectivity index (χ1n) is 6.41. The second kappa shape index (κ2) is 6.23. The molecule has 2 aromatic rings. The van der Waals surface area contributed by atoms with Crippen LogP contribution in [-0.4, -0.2) is 6.61 Å². The highest BCUT2D eigenvalue weighted by Gasteiger charge is 2.02. The summed E-state index contributed by atoms with van der Waals surface area (Å²) in [6.07, 6.45) is 0. The maximum Gasteiger partial charge on any atom is 0.128 e. The van der Waals surface area contributed by atoms with Gasteiger partial charge in [-0.1, -0.05) is 23.8 Å². The molecule has 0 unspecified atom stereocenters. The van der Waals surface area contributed by atoms with Crippen LogP contribution in [0.1, 0.15) is 18.1 Å². The first-order valence-corrected chi connectivity index (χ1v) is 6.41. The average Bonchev–Trinajstić information content (AvgIpc) is 2.41. The highest BCUT2D eigenvalue weighted by molar-refractivity contribution is 5.48. The molecule has 0 radical (unpaired) electrons. The quantitative estimate of drug-likeness (QED) is 0.871. The number of hydrogen-bond acceptors (Lipinski definition) is 2. The first kappa shape index (κ1) is 13.4. The number of ether oxygens (including phenoxy) is 1. The number of aryl methyl sites for hydroxylation is 1. The third-order valence-electron chi connectivity index (χ3n) is 2.83. The zero-order valence-electron chi connectivity index (χ0n) is 11.2. The second-order valence-corrected chi connectivity index (χ2v) is 4.41. The Labute approximate surface area is 113 Å². The van der Waals surface area contributed by atoms with Gasteiger partial charge < -0.3 is 10.1 Å². The number of hydrogen-bond donors (Lipinski definition) is 1. The third kappa shape index (κ3) is 3.71. The highest BCUT2D eigenvalue weighted by atomic mass is 19.1. The molecule has 0 spiro atoms. The number of halogens is 1. The van der Waals surface area contributed by atoms with Gasteiger partial charge in [0.15, 0.2) is 0 Å². The maximum absolute atomic E-state index is 13.6. The van der Waals surface area contributed by atoms with Crippen LogP contribution in [0.2, 0.25) is 0 Å². The van der Waals surface area contributed by atoms with Crippen LogP contribution in [0.5, 0.6) is 5.75 Å². The van der Waals surface area contributed by atoms with Crippen LogP contribution < -0.4 is 10.1 Å². The SMILES string of the molecule is CCOc1cccc(NCc2cc(C)ccc2F)c1. The molecule has 0 aliphatic carbocycles. The fraction of sp³-hybridized carbons (Fsp3) is 0.250. The van der Waals surface area contributed by atoms with Crippen LogP contribution in [0.3, 0.4) is 0 Å². The molecule has 2 rings (SSSR count). The van der Waals surface area contributed by atoms with Gasteiger partial charge in [0.1, 0.15) is 11.6 Å². The van der Waals surface area contributed by atoms with Gasteiger partial charge in [-0.2, -0.15) is 0 Å². The summed E-state index contributed by atoms with van der Waals surface area (Å²) in [5.41, 5.74) is 2.65. The lowest BCUT2D eigenvalue weighted by molar-refractivity contribution is 0.340. The van der Waals surface area contributed by atoms with E-state index in [1.54, 1.807) is 6.07 Å². The molecule has 0 heterocycles. The Morgan fingerprint density at radius 2 is 2.00 bits per heavy atom. The Bertz CT molecular complexity index is 554. The molecular weight excluding hydrogens is 241 g/mol. The molecule has 100 valence electrons. The topological polar surface area (TPSA) is 21.3 Å². The fourth-order valence-electron chi connectivity index (χ4n) is 1.90. The standard InChI is InChI=1S/C16H18FNO/c1-3-19-15-6-4-5-14(10-15)18-11-13-9-12(2)7-8-16(13)17/h4-10,18H,3,11H2,1-2H3. The van der Waals surface area contributed by atoms with Crippen molar-refractivity contribution in [1.29, 1.82) is 0 Å². The predicted molar refractivity (Wildman–Crippen MR) is 76.1 cm³/mol. The Morgan fingerprint density at radius 1 is 1.16 bits per heavy atom. The average molecular weight is 259 g/mol. The molecule has 0 atom stereocenters. The molecule has 0 bridgehead atoms. The normalized spacial score (nSPS) is 10.3. The number of benzene rings is 2. The lowest BCUT2D eigenvalue weighted by atomic mass is 10.1. The molecule has 0 saturated carbocycles. The lowest BCUT2D eigenvalue weighted by Crippen LogP contribution is -2.02. The van der Waals surface area contributed by atoms with E-state index in [1.807, 2.05) is 44.2 Å². The molecule has 1 N–H and O–H groups in total. The largest absolute Gasteiger partial charge is 0.494 e. The van der Waals surface area contributed by atoms with E-state index < -0.39 is 0 Å². The van der Waals surface area contributed by atoms with Crippen molar-refractivity contribution in [3.63, 3.8) is 0 Å². The zero-order valence-corrected chi connectivity index (χ0v) is 11.2. The van der Waals surface area contributed by atoms with Crippen molar-refractivity contribution in [2.24, 2.45) is 0 Å². The molecule has 0 aromatic heterocycles. The number of rotatable bonds is 5. The van der Waals surface area contributed by atoms with Gasteiger partial charge in [-0.3, -0.25) is 0 Å². The van der Waals surface area contributed by atoms with Crippen molar-refractivity contribution in [2.75, 3.05) is 11.9 Å². The second-order valence-electron chi connectivity index (χ2n) is 4.41. The Kier molecular flexibility index (Phi) is 4.39. The fourth-order valence-corrected chi connectivity index (χ4v) is 1.90. The summed E-state index contributed by atoms with van der Waals surface area (Å²) < 4.78 is 19.0. The van der Waals surface area contributed by atoms with Crippen molar-refractivity contribution in [3.05, 3.63) is 59.4 Å². The van der Waals surface area contributed by atoms with Crippen molar-refractivity contribution in [3.8, 4) is 5.75 Å². The Balaban J connectivity index is 2.05.